The van der Waals surface area contributed by atoms with E-state index < -0.39 is 0 Å². The van der Waals surface area contributed by atoms with Gasteiger partial charge in [-0.05, 0) is 12.1 Å². The Morgan fingerprint density at radius 3 is 2.46 bits per heavy atom. The van der Waals surface area contributed by atoms with Crippen molar-refractivity contribution in [3.05, 3.63) is 36.0 Å². The smallest absolute Gasteiger partial charge is 0.320 e. The normalized spacial score (nSPS) is 18.0. The number of hydrogen-bond donors (Lipinski definition) is 0. The van der Waals surface area contributed by atoms with Crippen molar-refractivity contribution in [2.24, 2.45) is 0 Å². The highest BCUT2D eigenvalue weighted by molar-refractivity contribution is 5.92. The minimum atomic E-state index is 0.102. The van der Waals surface area contributed by atoms with E-state index in [9.17, 15) is 10.1 Å². The maximum absolute atomic E-state index is 12.6. The molecule has 2 aromatic rings. The second-order valence-electron chi connectivity index (χ2n) is 6.51. The van der Waals surface area contributed by atoms with Crippen LogP contribution in [-0.2, 0) is 4.74 Å². The standard InChI is InChI=1S/C19H21N5O2/c20-14-15-13-18(16-3-1-2-4-17(16)21-15)22-5-7-23(8-6-22)19(25)24-9-11-26-12-10-24/h1-4,13H,5-12H2. The molecule has 0 aliphatic carbocycles. The molecule has 2 saturated heterocycles. The highest BCUT2D eigenvalue weighted by Gasteiger charge is 2.27. The van der Waals surface area contributed by atoms with Crippen molar-refractivity contribution in [1.29, 1.82) is 5.26 Å². The third-order valence-corrected chi connectivity index (χ3v) is 4.98. The molecule has 2 aliphatic heterocycles. The number of hydrogen-bond acceptors (Lipinski definition) is 5. The number of aromatic nitrogens is 1. The van der Waals surface area contributed by atoms with Crippen molar-refractivity contribution < 1.29 is 9.53 Å². The van der Waals surface area contributed by atoms with Crippen LogP contribution in [0.2, 0.25) is 0 Å². The van der Waals surface area contributed by atoms with Crippen molar-refractivity contribution in [2.75, 3.05) is 57.4 Å². The largest absolute Gasteiger partial charge is 0.378 e. The van der Waals surface area contributed by atoms with Crippen molar-refractivity contribution in [2.45, 2.75) is 0 Å². The number of amides is 2. The Hall–Kier alpha value is -2.85. The molecular formula is C19H21N5O2. The van der Waals surface area contributed by atoms with Crippen LogP contribution in [0.15, 0.2) is 30.3 Å². The number of ether oxygens (including phenoxy) is 1. The SMILES string of the molecule is N#Cc1cc(N2CCN(C(=O)N3CCOCC3)CC2)c2ccccc2n1. The van der Waals surface area contributed by atoms with Crippen LogP contribution in [-0.4, -0.2) is 73.3 Å². The van der Waals surface area contributed by atoms with E-state index in [-0.39, 0.29) is 6.03 Å². The fourth-order valence-electron chi connectivity index (χ4n) is 3.57. The lowest BCUT2D eigenvalue weighted by atomic mass is 10.1. The van der Waals surface area contributed by atoms with Gasteiger partial charge in [-0.15, -0.1) is 0 Å². The van der Waals surface area contributed by atoms with Gasteiger partial charge in [0, 0.05) is 50.3 Å². The summed E-state index contributed by atoms with van der Waals surface area (Å²) >= 11 is 0. The summed E-state index contributed by atoms with van der Waals surface area (Å²) in [6.45, 7) is 5.41. The summed E-state index contributed by atoms with van der Waals surface area (Å²) in [5, 5.41) is 10.3. The number of nitrogens with zero attached hydrogens (tertiary/aromatic N) is 5. The summed E-state index contributed by atoms with van der Waals surface area (Å²) in [6, 6.07) is 12.0. The number of fused-ring (bicyclic) bond motifs is 1. The van der Waals surface area contributed by atoms with E-state index >= 15 is 0 Å². The summed E-state index contributed by atoms with van der Waals surface area (Å²) in [4.78, 5) is 23.0. The lowest BCUT2D eigenvalue weighted by molar-refractivity contribution is 0.0428. The molecule has 0 bridgehead atoms. The van der Waals surface area contributed by atoms with Crippen LogP contribution >= 0.6 is 0 Å². The Bertz CT molecular complexity index is 849. The fraction of sp³-hybridized carbons (Fsp3) is 0.421. The lowest BCUT2D eigenvalue weighted by Gasteiger charge is -2.39. The Morgan fingerprint density at radius 1 is 1.04 bits per heavy atom. The number of pyridine rings is 1. The lowest BCUT2D eigenvalue weighted by Crippen LogP contribution is -2.54. The maximum atomic E-state index is 12.6. The number of urea groups is 1. The van der Waals surface area contributed by atoms with Gasteiger partial charge in [-0.2, -0.15) is 5.26 Å². The molecule has 4 rings (SSSR count). The highest BCUT2D eigenvalue weighted by atomic mass is 16.5. The summed E-state index contributed by atoms with van der Waals surface area (Å²) in [7, 11) is 0. The van der Waals surface area contributed by atoms with Crippen LogP contribution in [0.5, 0.6) is 0 Å². The molecule has 0 spiro atoms. The Labute approximate surface area is 152 Å². The van der Waals surface area contributed by atoms with E-state index in [1.165, 1.54) is 0 Å². The Balaban J connectivity index is 1.50. The monoisotopic (exact) mass is 351 g/mol. The molecule has 0 radical (unpaired) electrons. The molecule has 0 atom stereocenters. The number of rotatable bonds is 1. The molecule has 0 unspecified atom stereocenters. The van der Waals surface area contributed by atoms with Crippen LogP contribution in [0.4, 0.5) is 10.5 Å². The number of anilines is 1. The molecule has 7 heteroatoms. The average Bonchev–Trinajstić information content (AvgIpc) is 2.73. The topological polar surface area (TPSA) is 72.7 Å². The molecule has 7 nitrogen and oxygen atoms in total. The van der Waals surface area contributed by atoms with Gasteiger partial charge in [0.25, 0.3) is 0 Å². The first-order chi connectivity index (χ1) is 12.8. The fourth-order valence-corrected chi connectivity index (χ4v) is 3.57. The first kappa shape index (κ1) is 16.6. The summed E-state index contributed by atoms with van der Waals surface area (Å²) < 4.78 is 5.32. The summed E-state index contributed by atoms with van der Waals surface area (Å²) in [5.74, 6) is 0. The predicted octanol–water partition coefficient (Wildman–Crippen LogP) is 1.68. The number of nitriles is 1. The van der Waals surface area contributed by atoms with Gasteiger partial charge < -0.3 is 19.4 Å². The molecule has 0 saturated carbocycles. The number of para-hydroxylation sites is 1. The second-order valence-corrected chi connectivity index (χ2v) is 6.51. The van der Waals surface area contributed by atoms with Crippen molar-refractivity contribution in [1.82, 2.24) is 14.8 Å². The maximum Gasteiger partial charge on any atom is 0.320 e. The minimum Gasteiger partial charge on any atom is -0.378 e. The van der Waals surface area contributed by atoms with Gasteiger partial charge in [0.2, 0.25) is 0 Å². The quantitative estimate of drug-likeness (QED) is 0.782. The van der Waals surface area contributed by atoms with Gasteiger partial charge in [-0.1, -0.05) is 18.2 Å². The van der Waals surface area contributed by atoms with Crippen LogP contribution in [0, 0.1) is 11.3 Å². The predicted molar refractivity (Wildman–Crippen MR) is 98.0 cm³/mol. The van der Waals surface area contributed by atoms with Gasteiger partial charge >= 0.3 is 6.03 Å². The molecule has 3 heterocycles. The molecule has 2 fully saturated rings. The van der Waals surface area contributed by atoms with Crippen LogP contribution < -0.4 is 4.90 Å². The van der Waals surface area contributed by atoms with E-state index in [1.807, 2.05) is 40.1 Å². The zero-order chi connectivity index (χ0) is 17.9. The van der Waals surface area contributed by atoms with Gasteiger partial charge in [0.15, 0.2) is 0 Å². The van der Waals surface area contributed by atoms with Gasteiger partial charge in [-0.3, -0.25) is 0 Å². The van der Waals surface area contributed by atoms with E-state index in [0.29, 0.717) is 45.1 Å². The van der Waals surface area contributed by atoms with Crippen LogP contribution in [0.1, 0.15) is 5.69 Å². The minimum absolute atomic E-state index is 0.102. The molecule has 1 aromatic carbocycles. The molecule has 1 aromatic heterocycles. The second kappa shape index (κ2) is 7.18. The van der Waals surface area contributed by atoms with Gasteiger partial charge in [0.05, 0.1) is 18.7 Å². The molecule has 2 aliphatic rings. The van der Waals surface area contributed by atoms with Crippen molar-refractivity contribution in [3.63, 3.8) is 0 Å². The van der Waals surface area contributed by atoms with E-state index in [2.05, 4.69) is 16.0 Å². The number of carbonyl (C=O) groups excluding carboxylic acids is 1. The van der Waals surface area contributed by atoms with E-state index in [1.54, 1.807) is 0 Å². The number of carbonyl (C=O) groups is 1. The Morgan fingerprint density at radius 2 is 1.73 bits per heavy atom. The number of benzene rings is 1. The van der Waals surface area contributed by atoms with Crippen LogP contribution in [0.25, 0.3) is 10.9 Å². The molecule has 0 N–H and O–H groups in total. The van der Waals surface area contributed by atoms with Gasteiger partial charge in [-0.25, -0.2) is 9.78 Å². The zero-order valence-electron chi connectivity index (χ0n) is 14.6. The first-order valence-electron chi connectivity index (χ1n) is 8.93. The van der Waals surface area contributed by atoms with Crippen molar-refractivity contribution in [3.8, 4) is 6.07 Å². The average molecular weight is 351 g/mol. The number of piperazine rings is 1. The van der Waals surface area contributed by atoms with Gasteiger partial charge in [0.1, 0.15) is 11.8 Å². The number of morpholine rings is 1. The molecule has 26 heavy (non-hydrogen) atoms. The third kappa shape index (κ3) is 3.16. The molecule has 134 valence electrons. The van der Waals surface area contributed by atoms with E-state index in [0.717, 1.165) is 29.7 Å². The van der Waals surface area contributed by atoms with E-state index in [4.69, 9.17) is 4.74 Å². The zero-order valence-corrected chi connectivity index (χ0v) is 14.6. The summed E-state index contributed by atoms with van der Waals surface area (Å²) in [5.41, 5.74) is 2.27. The third-order valence-electron chi connectivity index (χ3n) is 4.98. The first-order valence-corrected chi connectivity index (χ1v) is 8.93. The molecular weight excluding hydrogens is 330 g/mol. The summed E-state index contributed by atoms with van der Waals surface area (Å²) in [6.07, 6.45) is 0. The molecule has 2 amide bonds. The highest BCUT2D eigenvalue weighted by Crippen LogP contribution is 2.27. The Kier molecular flexibility index (Phi) is 4.59. The van der Waals surface area contributed by atoms with Crippen molar-refractivity contribution >= 4 is 22.6 Å². The van der Waals surface area contributed by atoms with Crippen LogP contribution in [0.3, 0.4) is 0 Å².